The molecule has 0 saturated carbocycles. The summed E-state index contributed by atoms with van der Waals surface area (Å²) < 4.78 is 26.3. The normalized spacial score (nSPS) is 18.0. The molecule has 1 heterocycles. The smallest absolute Gasteiger partial charge is 0.240 e. The van der Waals surface area contributed by atoms with Crippen LogP contribution in [0.5, 0.6) is 0 Å². The Balaban J connectivity index is 0.00000220. The van der Waals surface area contributed by atoms with Crippen molar-refractivity contribution in [1.82, 2.24) is 15.4 Å². The van der Waals surface area contributed by atoms with Crippen molar-refractivity contribution >= 4 is 28.3 Å². The molecule has 6 nitrogen and oxygen atoms in total. The van der Waals surface area contributed by atoms with Crippen molar-refractivity contribution in [3.05, 3.63) is 30.3 Å². The van der Waals surface area contributed by atoms with Gasteiger partial charge in [0.2, 0.25) is 15.9 Å². The first-order valence-electron chi connectivity index (χ1n) is 6.65. The van der Waals surface area contributed by atoms with Gasteiger partial charge in [-0.1, -0.05) is 18.2 Å². The lowest BCUT2D eigenvalue weighted by atomic mass is 10.2. The monoisotopic (exact) mass is 333 g/mol. The summed E-state index contributed by atoms with van der Waals surface area (Å²) in [5.74, 6) is -0.0681. The van der Waals surface area contributed by atoms with Gasteiger partial charge in [-0.3, -0.25) is 4.79 Å². The van der Waals surface area contributed by atoms with E-state index in [-0.39, 0.29) is 42.3 Å². The van der Waals surface area contributed by atoms with Crippen LogP contribution in [0, 0.1) is 0 Å². The molecule has 2 rings (SSSR count). The first-order valence-corrected chi connectivity index (χ1v) is 8.14. The number of nitrogens with one attached hydrogen (secondary N) is 3. The molecule has 1 aromatic carbocycles. The molecule has 3 N–H and O–H groups in total. The number of amides is 1. The summed E-state index contributed by atoms with van der Waals surface area (Å²) in [4.78, 5) is 11.9. The second-order valence-electron chi connectivity index (χ2n) is 4.65. The van der Waals surface area contributed by atoms with E-state index in [1.165, 1.54) is 12.1 Å². The zero-order valence-corrected chi connectivity index (χ0v) is 13.2. The maximum absolute atomic E-state index is 11.9. The third kappa shape index (κ3) is 5.28. The van der Waals surface area contributed by atoms with Gasteiger partial charge in [0.1, 0.15) is 0 Å². The minimum absolute atomic E-state index is 0. The molecule has 1 amide bonds. The molecule has 0 aromatic heterocycles. The quantitative estimate of drug-likeness (QED) is 0.651. The summed E-state index contributed by atoms with van der Waals surface area (Å²) in [6, 6.07) is 8.02. The van der Waals surface area contributed by atoms with Gasteiger partial charge in [0.25, 0.3) is 0 Å². The summed E-state index contributed by atoms with van der Waals surface area (Å²) in [5, 5.41) is 5.81. The van der Waals surface area contributed by atoms with E-state index in [1.54, 1.807) is 18.2 Å². The highest BCUT2D eigenvalue weighted by molar-refractivity contribution is 7.89. The highest BCUT2D eigenvalue weighted by Gasteiger charge is 2.21. The van der Waals surface area contributed by atoms with Crippen LogP contribution in [0.25, 0.3) is 0 Å². The zero-order valence-electron chi connectivity index (χ0n) is 11.5. The van der Waals surface area contributed by atoms with Crippen LogP contribution in [0.15, 0.2) is 35.2 Å². The lowest BCUT2D eigenvalue weighted by Crippen LogP contribution is -2.43. The second kappa shape index (κ2) is 8.33. The van der Waals surface area contributed by atoms with Crippen LogP contribution < -0.4 is 15.4 Å². The van der Waals surface area contributed by atoms with E-state index in [9.17, 15) is 13.2 Å². The average molecular weight is 334 g/mol. The van der Waals surface area contributed by atoms with Gasteiger partial charge in [-0.05, 0) is 31.5 Å². The van der Waals surface area contributed by atoms with Crippen LogP contribution >= 0.6 is 12.4 Å². The van der Waals surface area contributed by atoms with Crippen LogP contribution in [0.4, 0.5) is 0 Å². The van der Waals surface area contributed by atoms with Crippen molar-refractivity contribution in [3.63, 3.8) is 0 Å². The first-order chi connectivity index (χ1) is 9.59. The molecular weight excluding hydrogens is 314 g/mol. The summed E-state index contributed by atoms with van der Waals surface area (Å²) >= 11 is 0. The van der Waals surface area contributed by atoms with Crippen LogP contribution in [0.3, 0.4) is 0 Å². The number of carbonyl (C=O) groups is 1. The van der Waals surface area contributed by atoms with E-state index in [2.05, 4.69) is 15.4 Å². The van der Waals surface area contributed by atoms with Crippen molar-refractivity contribution in [2.45, 2.75) is 23.8 Å². The maximum Gasteiger partial charge on any atom is 0.240 e. The lowest BCUT2D eigenvalue weighted by molar-refractivity contribution is -0.122. The fraction of sp³-hybridized carbons (Fsp3) is 0.462. The average Bonchev–Trinajstić information content (AvgIpc) is 2.98. The number of hydrogen-bond acceptors (Lipinski definition) is 4. The van der Waals surface area contributed by atoms with Crippen LogP contribution in [-0.2, 0) is 14.8 Å². The van der Waals surface area contributed by atoms with Gasteiger partial charge < -0.3 is 10.6 Å². The number of hydrogen-bond donors (Lipinski definition) is 3. The van der Waals surface area contributed by atoms with Crippen LogP contribution in [0.1, 0.15) is 12.8 Å². The maximum atomic E-state index is 11.9. The van der Waals surface area contributed by atoms with Crippen molar-refractivity contribution in [3.8, 4) is 0 Å². The third-order valence-corrected chi connectivity index (χ3v) is 4.62. The fourth-order valence-corrected chi connectivity index (χ4v) is 3.14. The second-order valence-corrected chi connectivity index (χ2v) is 6.42. The van der Waals surface area contributed by atoms with E-state index in [4.69, 9.17) is 0 Å². The predicted molar refractivity (Wildman–Crippen MR) is 82.9 cm³/mol. The van der Waals surface area contributed by atoms with E-state index < -0.39 is 10.0 Å². The van der Waals surface area contributed by atoms with Gasteiger partial charge in [-0.15, -0.1) is 12.4 Å². The summed E-state index contributed by atoms with van der Waals surface area (Å²) in [5.41, 5.74) is 0. The summed E-state index contributed by atoms with van der Waals surface area (Å²) in [7, 11) is -3.49. The zero-order chi connectivity index (χ0) is 14.4. The molecule has 1 atom stereocenters. The van der Waals surface area contributed by atoms with Gasteiger partial charge in [0.15, 0.2) is 0 Å². The number of halogens is 1. The molecule has 1 aliphatic heterocycles. The van der Waals surface area contributed by atoms with Crippen molar-refractivity contribution < 1.29 is 13.2 Å². The molecule has 21 heavy (non-hydrogen) atoms. The van der Waals surface area contributed by atoms with Gasteiger partial charge in [-0.25, -0.2) is 13.1 Å². The Hall–Kier alpha value is -1.15. The van der Waals surface area contributed by atoms with Crippen molar-refractivity contribution in [2.24, 2.45) is 0 Å². The molecule has 0 aliphatic carbocycles. The summed E-state index contributed by atoms with van der Waals surface area (Å²) in [6.07, 6.45) is 1.83. The van der Waals surface area contributed by atoms with E-state index >= 15 is 0 Å². The summed E-state index contributed by atoms with van der Waals surface area (Å²) in [6.45, 7) is 1.32. The minimum Gasteiger partial charge on any atom is -0.353 e. The Morgan fingerprint density at radius 2 is 1.95 bits per heavy atom. The highest BCUT2D eigenvalue weighted by Crippen LogP contribution is 2.06. The third-order valence-electron chi connectivity index (χ3n) is 3.15. The van der Waals surface area contributed by atoms with Gasteiger partial charge in [0.05, 0.1) is 10.9 Å². The Morgan fingerprint density at radius 3 is 2.57 bits per heavy atom. The Labute approximate surface area is 131 Å². The molecule has 1 unspecified atom stereocenters. The molecular formula is C13H20ClN3O3S. The first kappa shape index (κ1) is 17.9. The topological polar surface area (TPSA) is 87.3 Å². The molecule has 8 heteroatoms. The van der Waals surface area contributed by atoms with Crippen LogP contribution in [0.2, 0.25) is 0 Å². The van der Waals surface area contributed by atoms with E-state index in [0.717, 1.165) is 19.4 Å². The molecule has 0 radical (unpaired) electrons. The number of carbonyl (C=O) groups excluding carboxylic acids is 1. The molecule has 1 saturated heterocycles. The Kier molecular flexibility index (Phi) is 7.10. The molecule has 118 valence electrons. The molecule has 1 aromatic rings. The minimum atomic E-state index is -3.49. The Bertz CT molecular complexity index is 545. The molecule has 0 spiro atoms. The number of benzene rings is 1. The lowest BCUT2D eigenvalue weighted by Gasteiger charge is -2.11. The van der Waals surface area contributed by atoms with E-state index in [1.807, 2.05) is 0 Å². The largest absolute Gasteiger partial charge is 0.353 e. The molecule has 1 aliphatic rings. The molecule has 0 bridgehead atoms. The van der Waals surface area contributed by atoms with Gasteiger partial charge in [0, 0.05) is 13.1 Å². The Morgan fingerprint density at radius 1 is 1.24 bits per heavy atom. The van der Waals surface area contributed by atoms with Crippen molar-refractivity contribution in [2.75, 3.05) is 19.6 Å². The predicted octanol–water partition coefficient (Wildman–Crippen LogP) is 0.255. The highest BCUT2D eigenvalue weighted by atomic mass is 35.5. The van der Waals surface area contributed by atoms with E-state index in [0.29, 0.717) is 0 Å². The fourth-order valence-electron chi connectivity index (χ4n) is 2.09. The molecule has 1 fully saturated rings. The van der Waals surface area contributed by atoms with Crippen LogP contribution in [-0.4, -0.2) is 40.0 Å². The van der Waals surface area contributed by atoms with Crippen molar-refractivity contribution in [1.29, 1.82) is 0 Å². The van der Waals surface area contributed by atoms with Gasteiger partial charge in [-0.2, -0.15) is 0 Å². The number of sulfonamides is 1. The standard InChI is InChI=1S/C13H19N3O3S.ClH/c17-13(12-7-4-8-14-12)15-9-10-16-20(18,19)11-5-2-1-3-6-11;/h1-3,5-6,12,14,16H,4,7-10H2,(H,15,17);1H. The number of rotatable bonds is 6. The SMILES string of the molecule is Cl.O=C(NCCNS(=O)(=O)c1ccccc1)C1CCCN1. The van der Waals surface area contributed by atoms with Gasteiger partial charge >= 0.3 is 0 Å².